The van der Waals surface area contributed by atoms with Gasteiger partial charge in [-0.1, -0.05) is 24.3 Å². The highest BCUT2D eigenvalue weighted by atomic mass is 16.2. The third-order valence-electron chi connectivity index (χ3n) is 4.94. The summed E-state index contributed by atoms with van der Waals surface area (Å²) in [5.41, 5.74) is 0.192. The molecule has 7 heteroatoms. The summed E-state index contributed by atoms with van der Waals surface area (Å²) in [6.45, 7) is 1.44. The zero-order valence-corrected chi connectivity index (χ0v) is 14.6. The van der Waals surface area contributed by atoms with Gasteiger partial charge in [-0.3, -0.25) is 24.1 Å². The molecule has 4 rings (SSSR count). The van der Waals surface area contributed by atoms with Crippen LogP contribution in [0.15, 0.2) is 48.5 Å². The highest BCUT2D eigenvalue weighted by Crippen LogP contribution is 2.39. The summed E-state index contributed by atoms with van der Waals surface area (Å²) in [4.78, 5) is 51.2. The number of hydrogen-bond donors (Lipinski definition) is 2. The summed E-state index contributed by atoms with van der Waals surface area (Å²) in [6, 6.07) is 13.2. The lowest BCUT2D eigenvalue weighted by Gasteiger charge is -2.41. The van der Waals surface area contributed by atoms with Crippen molar-refractivity contribution in [2.75, 3.05) is 10.2 Å². The minimum absolute atomic E-state index is 0.123. The van der Waals surface area contributed by atoms with Gasteiger partial charge < -0.3 is 10.6 Å². The SMILES string of the molecule is CC(=O)c1cccc(NC(=O)[C@@]23CCC(=O)N2c2ccccc2C(=O)N3)c1. The number of anilines is 2. The van der Waals surface area contributed by atoms with Crippen LogP contribution in [-0.4, -0.2) is 29.2 Å². The summed E-state index contributed by atoms with van der Waals surface area (Å²) in [7, 11) is 0. The largest absolute Gasteiger partial charge is 0.322 e. The van der Waals surface area contributed by atoms with Crippen LogP contribution in [0.2, 0.25) is 0 Å². The molecule has 2 aromatic carbocycles. The zero-order chi connectivity index (χ0) is 19.2. The molecule has 1 saturated heterocycles. The average Bonchev–Trinajstić information content (AvgIpc) is 3.00. The van der Waals surface area contributed by atoms with Crippen LogP contribution in [0.3, 0.4) is 0 Å². The van der Waals surface area contributed by atoms with Gasteiger partial charge in [0.2, 0.25) is 11.6 Å². The third kappa shape index (κ3) is 2.59. The fourth-order valence-corrected chi connectivity index (χ4v) is 3.62. The van der Waals surface area contributed by atoms with E-state index in [4.69, 9.17) is 0 Å². The maximum absolute atomic E-state index is 13.1. The topological polar surface area (TPSA) is 95.6 Å². The number of Topliss-reactive ketones (excluding diaryl/α,β-unsaturated/α-hetero) is 1. The molecule has 0 saturated carbocycles. The van der Waals surface area contributed by atoms with Crippen LogP contribution >= 0.6 is 0 Å². The number of nitrogens with one attached hydrogen (secondary N) is 2. The van der Waals surface area contributed by atoms with Crippen molar-refractivity contribution < 1.29 is 19.2 Å². The van der Waals surface area contributed by atoms with Crippen LogP contribution < -0.4 is 15.5 Å². The number of rotatable bonds is 3. The second kappa shape index (κ2) is 6.05. The van der Waals surface area contributed by atoms with Gasteiger partial charge in [0.05, 0.1) is 11.3 Å². The fraction of sp³-hybridized carbons (Fsp3) is 0.200. The van der Waals surface area contributed by atoms with Gasteiger partial charge in [0.15, 0.2) is 5.78 Å². The highest BCUT2D eigenvalue weighted by Gasteiger charge is 2.56. The summed E-state index contributed by atoms with van der Waals surface area (Å²) in [5.74, 6) is -1.27. The van der Waals surface area contributed by atoms with Crippen LogP contribution in [0.25, 0.3) is 0 Å². The van der Waals surface area contributed by atoms with Gasteiger partial charge in [-0.25, -0.2) is 0 Å². The molecule has 27 heavy (non-hydrogen) atoms. The maximum Gasteiger partial charge on any atom is 0.271 e. The predicted octanol–water partition coefficient (Wildman–Crippen LogP) is 2.09. The number of hydrogen-bond acceptors (Lipinski definition) is 4. The van der Waals surface area contributed by atoms with Crippen LogP contribution in [-0.2, 0) is 9.59 Å². The van der Waals surface area contributed by atoms with E-state index in [1.807, 2.05) is 0 Å². The maximum atomic E-state index is 13.1. The molecule has 0 bridgehead atoms. The molecule has 2 heterocycles. The van der Waals surface area contributed by atoms with Crippen molar-refractivity contribution in [2.24, 2.45) is 0 Å². The Labute approximate surface area is 155 Å². The molecular weight excluding hydrogens is 346 g/mol. The predicted molar refractivity (Wildman–Crippen MR) is 98.4 cm³/mol. The van der Waals surface area contributed by atoms with Crippen molar-refractivity contribution in [3.05, 3.63) is 59.7 Å². The molecule has 2 aromatic rings. The Kier molecular flexibility index (Phi) is 3.80. The van der Waals surface area contributed by atoms with Gasteiger partial charge in [0, 0.05) is 24.1 Å². The monoisotopic (exact) mass is 363 g/mol. The number of carbonyl (C=O) groups is 4. The molecule has 2 N–H and O–H groups in total. The van der Waals surface area contributed by atoms with Gasteiger partial charge in [-0.15, -0.1) is 0 Å². The van der Waals surface area contributed by atoms with Gasteiger partial charge in [0.25, 0.3) is 11.8 Å². The van der Waals surface area contributed by atoms with Gasteiger partial charge in [-0.2, -0.15) is 0 Å². The van der Waals surface area contributed by atoms with E-state index >= 15 is 0 Å². The minimum Gasteiger partial charge on any atom is -0.322 e. The van der Waals surface area contributed by atoms with E-state index in [0.29, 0.717) is 22.5 Å². The number of ketones is 1. The minimum atomic E-state index is -1.48. The first-order valence-electron chi connectivity index (χ1n) is 8.59. The van der Waals surface area contributed by atoms with E-state index in [-0.39, 0.29) is 24.5 Å². The van der Waals surface area contributed by atoms with E-state index in [1.165, 1.54) is 11.8 Å². The van der Waals surface area contributed by atoms with Crippen LogP contribution in [0.4, 0.5) is 11.4 Å². The van der Waals surface area contributed by atoms with Crippen molar-refractivity contribution in [3.63, 3.8) is 0 Å². The van der Waals surface area contributed by atoms with Crippen LogP contribution in [0.5, 0.6) is 0 Å². The van der Waals surface area contributed by atoms with Gasteiger partial charge in [0.1, 0.15) is 0 Å². The number of fused-ring (bicyclic) bond motifs is 3. The normalized spacial score (nSPS) is 20.6. The van der Waals surface area contributed by atoms with Crippen molar-refractivity contribution in [1.82, 2.24) is 5.32 Å². The van der Waals surface area contributed by atoms with Crippen molar-refractivity contribution in [3.8, 4) is 0 Å². The van der Waals surface area contributed by atoms with Crippen LogP contribution in [0, 0.1) is 0 Å². The Bertz CT molecular complexity index is 1000. The smallest absolute Gasteiger partial charge is 0.271 e. The van der Waals surface area contributed by atoms with Crippen molar-refractivity contribution >= 4 is 34.9 Å². The zero-order valence-electron chi connectivity index (χ0n) is 14.6. The van der Waals surface area contributed by atoms with Gasteiger partial charge >= 0.3 is 0 Å². The highest BCUT2D eigenvalue weighted by molar-refractivity contribution is 6.18. The first kappa shape index (κ1) is 17.0. The lowest BCUT2D eigenvalue weighted by molar-refractivity contribution is -0.124. The molecule has 136 valence electrons. The Morgan fingerprint density at radius 1 is 1.11 bits per heavy atom. The number of carbonyl (C=O) groups excluding carboxylic acids is 4. The summed E-state index contributed by atoms with van der Waals surface area (Å²) >= 11 is 0. The standard InChI is InChI=1S/C20H17N3O4/c1-12(24)13-5-4-6-14(11-13)21-19(27)20-10-9-17(25)23(20)16-8-3-2-7-15(16)18(26)22-20/h2-8,11H,9-10H2,1H3,(H,21,27)(H,22,26)/t20-/m1/s1. The second-order valence-electron chi connectivity index (χ2n) is 6.65. The third-order valence-corrected chi connectivity index (χ3v) is 4.94. The van der Waals surface area contributed by atoms with Gasteiger partial charge in [-0.05, 0) is 31.2 Å². The van der Waals surface area contributed by atoms with E-state index < -0.39 is 17.5 Å². The molecule has 0 spiro atoms. The Balaban J connectivity index is 1.72. The number of amides is 3. The molecule has 2 aliphatic heterocycles. The average molecular weight is 363 g/mol. The summed E-state index contributed by atoms with van der Waals surface area (Å²) in [5, 5.41) is 5.46. The Morgan fingerprint density at radius 2 is 1.89 bits per heavy atom. The van der Waals surface area contributed by atoms with E-state index in [2.05, 4.69) is 10.6 Å². The molecule has 2 aliphatic rings. The molecule has 1 atom stereocenters. The number of para-hydroxylation sites is 1. The summed E-state index contributed by atoms with van der Waals surface area (Å²) < 4.78 is 0. The van der Waals surface area contributed by atoms with E-state index in [9.17, 15) is 19.2 Å². The molecule has 3 amide bonds. The van der Waals surface area contributed by atoms with Crippen LogP contribution in [0.1, 0.15) is 40.5 Å². The Hall–Kier alpha value is -3.48. The molecule has 1 fully saturated rings. The van der Waals surface area contributed by atoms with E-state index in [0.717, 1.165) is 0 Å². The summed E-state index contributed by atoms with van der Waals surface area (Å²) in [6.07, 6.45) is 0.319. The fourth-order valence-electron chi connectivity index (χ4n) is 3.62. The first-order chi connectivity index (χ1) is 12.9. The lowest BCUT2D eigenvalue weighted by atomic mass is 9.98. The Morgan fingerprint density at radius 3 is 2.67 bits per heavy atom. The van der Waals surface area contributed by atoms with Crippen molar-refractivity contribution in [2.45, 2.75) is 25.4 Å². The molecule has 0 radical (unpaired) electrons. The molecular formula is C20H17N3O4. The van der Waals surface area contributed by atoms with E-state index in [1.54, 1.807) is 48.5 Å². The quantitative estimate of drug-likeness (QED) is 0.817. The molecule has 0 unspecified atom stereocenters. The molecule has 7 nitrogen and oxygen atoms in total. The molecule has 0 aromatic heterocycles. The second-order valence-corrected chi connectivity index (χ2v) is 6.65. The number of nitrogens with zero attached hydrogens (tertiary/aromatic N) is 1. The lowest BCUT2D eigenvalue weighted by Crippen LogP contribution is -2.68. The first-order valence-corrected chi connectivity index (χ1v) is 8.59. The number of benzene rings is 2. The van der Waals surface area contributed by atoms with Crippen molar-refractivity contribution in [1.29, 1.82) is 0 Å². The molecule has 0 aliphatic carbocycles.